The summed E-state index contributed by atoms with van der Waals surface area (Å²) in [5.74, 6) is -0.784. The maximum Gasteiger partial charge on any atom is 0.303 e. The van der Waals surface area contributed by atoms with E-state index >= 15 is 0 Å². The van der Waals surface area contributed by atoms with Gasteiger partial charge in [0.25, 0.3) is 0 Å². The molecule has 5 heteroatoms. The van der Waals surface area contributed by atoms with Crippen molar-refractivity contribution in [2.24, 2.45) is 0 Å². The van der Waals surface area contributed by atoms with Crippen molar-refractivity contribution in [2.45, 2.75) is 52.0 Å². The SMILES string of the molecule is CCOCCCC(=O)NC(C)CCCC(=O)O. The highest BCUT2D eigenvalue weighted by Crippen LogP contribution is 2.01. The van der Waals surface area contributed by atoms with Gasteiger partial charge < -0.3 is 15.2 Å². The van der Waals surface area contributed by atoms with Crippen molar-refractivity contribution in [3.8, 4) is 0 Å². The molecule has 0 aliphatic rings. The minimum Gasteiger partial charge on any atom is -0.481 e. The lowest BCUT2D eigenvalue weighted by Gasteiger charge is -2.13. The largest absolute Gasteiger partial charge is 0.481 e. The van der Waals surface area contributed by atoms with E-state index in [0.29, 0.717) is 32.5 Å². The van der Waals surface area contributed by atoms with E-state index in [1.807, 2.05) is 13.8 Å². The Labute approximate surface area is 103 Å². The van der Waals surface area contributed by atoms with Crippen molar-refractivity contribution in [2.75, 3.05) is 13.2 Å². The van der Waals surface area contributed by atoms with Gasteiger partial charge in [-0.3, -0.25) is 9.59 Å². The lowest BCUT2D eigenvalue weighted by Crippen LogP contribution is -2.32. The third kappa shape index (κ3) is 11.2. The minimum atomic E-state index is -0.791. The molecule has 0 aromatic heterocycles. The summed E-state index contributed by atoms with van der Waals surface area (Å²) in [7, 11) is 0. The zero-order valence-corrected chi connectivity index (χ0v) is 10.7. The molecule has 2 N–H and O–H groups in total. The normalized spacial score (nSPS) is 12.1. The molecular formula is C12H23NO4. The Hall–Kier alpha value is -1.10. The first-order valence-corrected chi connectivity index (χ1v) is 6.15. The van der Waals surface area contributed by atoms with Crippen LogP contribution in [-0.2, 0) is 14.3 Å². The standard InChI is InChI=1S/C12H23NO4/c1-3-17-9-5-7-11(14)13-10(2)6-4-8-12(15)16/h10H,3-9H2,1-2H3,(H,13,14)(H,15,16). The molecule has 0 fully saturated rings. The zero-order valence-electron chi connectivity index (χ0n) is 10.7. The van der Waals surface area contributed by atoms with E-state index < -0.39 is 5.97 Å². The molecule has 0 saturated carbocycles. The van der Waals surface area contributed by atoms with E-state index in [4.69, 9.17) is 9.84 Å². The van der Waals surface area contributed by atoms with Crippen molar-refractivity contribution in [1.82, 2.24) is 5.32 Å². The second-order valence-corrected chi connectivity index (χ2v) is 4.06. The molecular weight excluding hydrogens is 222 g/mol. The van der Waals surface area contributed by atoms with Crippen LogP contribution in [0.15, 0.2) is 0 Å². The number of hydrogen-bond donors (Lipinski definition) is 2. The molecule has 0 spiro atoms. The van der Waals surface area contributed by atoms with Crippen molar-refractivity contribution in [1.29, 1.82) is 0 Å². The Morgan fingerprint density at radius 3 is 2.59 bits per heavy atom. The summed E-state index contributed by atoms with van der Waals surface area (Å²) in [5.41, 5.74) is 0. The van der Waals surface area contributed by atoms with Crippen molar-refractivity contribution in [3.63, 3.8) is 0 Å². The first kappa shape index (κ1) is 15.9. The Balaban J connectivity index is 3.48. The summed E-state index contributed by atoms with van der Waals surface area (Å²) < 4.78 is 5.13. The van der Waals surface area contributed by atoms with Gasteiger partial charge in [0.15, 0.2) is 0 Å². The smallest absolute Gasteiger partial charge is 0.303 e. The van der Waals surface area contributed by atoms with Gasteiger partial charge in [0.2, 0.25) is 5.91 Å². The first-order valence-electron chi connectivity index (χ1n) is 6.15. The van der Waals surface area contributed by atoms with Crippen LogP contribution in [0, 0.1) is 0 Å². The van der Waals surface area contributed by atoms with Crippen molar-refractivity contribution < 1.29 is 19.4 Å². The molecule has 0 aromatic rings. The lowest BCUT2D eigenvalue weighted by molar-refractivity contribution is -0.137. The van der Waals surface area contributed by atoms with Gasteiger partial charge in [0, 0.05) is 32.1 Å². The molecule has 1 amide bonds. The third-order valence-corrected chi connectivity index (χ3v) is 2.33. The first-order chi connectivity index (χ1) is 8.06. The number of ether oxygens (including phenoxy) is 1. The fourth-order valence-electron chi connectivity index (χ4n) is 1.46. The molecule has 0 bridgehead atoms. The third-order valence-electron chi connectivity index (χ3n) is 2.33. The number of carboxylic acid groups (broad SMARTS) is 1. The Morgan fingerprint density at radius 1 is 1.29 bits per heavy atom. The van der Waals surface area contributed by atoms with Crippen LogP contribution < -0.4 is 5.32 Å². The molecule has 5 nitrogen and oxygen atoms in total. The van der Waals surface area contributed by atoms with Gasteiger partial charge in [-0.15, -0.1) is 0 Å². The molecule has 0 rings (SSSR count). The topological polar surface area (TPSA) is 75.6 Å². The minimum absolute atomic E-state index is 0.00697. The van der Waals surface area contributed by atoms with E-state index in [9.17, 15) is 9.59 Å². The zero-order chi connectivity index (χ0) is 13.1. The molecule has 0 aliphatic carbocycles. The average molecular weight is 245 g/mol. The van der Waals surface area contributed by atoms with Gasteiger partial charge in [-0.2, -0.15) is 0 Å². The molecule has 0 aliphatic heterocycles. The van der Waals surface area contributed by atoms with Gasteiger partial charge in [0.1, 0.15) is 0 Å². The number of amides is 1. The second kappa shape index (κ2) is 10.1. The van der Waals surface area contributed by atoms with Crippen LogP contribution in [0.4, 0.5) is 0 Å². The predicted octanol–water partition coefficient (Wildman–Crippen LogP) is 1.56. The van der Waals surface area contributed by atoms with Gasteiger partial charge in [-0.25, -0.2) is 0 Å². The molecule has 0 saturated heterocycles. The summed E-state index contributed by atoms with van der Waals surface area (Å²) in [6, 6.07) is 0.0361. The van der Waals surface area contributed by atoms with Gasteiger partial charge in [-0.1, -0.05) is 0 Å². The van der Waals surface area contributed by atoms with Gasteiger partial charge in [0.05, 0.1) is 0 Å². The maximum absolute atomic E-state index is 11.4. The van der Waals surface area contributed by atoms with Crippen molar-refractivity contribution in [3.05, 3.63) is 0 Å². The number of carbonyl (C=O) groups is 2. The monoisotopic (exact) mass is 245 g/mol. The highest BCUT2D eigenvalue weighted by molar-refractivity contribution is 5.76. The van der Waals surface area contributed by atoms with Gasteiger partial charge >= 0.3 is 5.97 Å². The summed E-state index contributed by atoms with van der Waals surface area (Å²) in [4.78, 5) is 21.7. The highest BCUT2D eigenvalue weighted by atomic mass is 16.5. The molecule has 100 valence electrons. The summed E-state index contributed by atoms with van der Waals surface area (Å²) in [5, 5.41) is 11.3. The lowest BCUT2D eigenvalue weighted by atomic mass is 10.1. The number of carboxylic acids is 1. The van der Waals surface area contributed by atoms with E-state index in [0.717, 1.165) is 6.42 Å². The molecule has 1 atom stereocenters. The van der Waals surface area contributed by atoms with Crippen LogP contribution in [0.25, 0.3) is 0 Å². The molecule has 0 radical (unpaired) electrons. The quantitative estimate of drug-likeness (QED) is 0.573. The van der Waals surface area contributed by atoms with E-state index in [-0.39, 0.29) is 18.4 Å². The van der Waals surface area contributed by atoms with Crippen LogP contribution in [0.5, 0.6) is 0 Å². The Morgan fingerprint density at radius 2 is 2.00 bits per heavy atom. The second-order valence-electron chi connectivity index (χ2n) is 4.06. The number of hydrogen-bond acceptors (Lipinski definition) is 3. The predicted molar refractivity (Wildman–Crippen MR) is 64.8 cm³/mol. The van der Waals surface area contributed by atoms with Crippen LogP contribution in [0.1, 0.15) is 46.0 Å². The van der Waals surface area contributed by atoms with Crippen LogP contribution in [0.3, 0.4) is 0 Å². The van der Waals surface area contributed by atoms with Crippen LogP contribution in [0.2, 0.25) is 0 Å². The summed E-state index contributed by atoms with van der Waals surface area (Å²) in [6.45, 7) is 5.09. The fraction of sp³-hybridized carbons (Fsp3) is 0.833. The van der Waals surface area contributed by atoms with E-state index in [2.05, 4.69) is 5.32 Å². The van der Waals surface area contributed by atoms with Crippen LogP contribution >= 0.6 is 0 Å². The average Bonchev–Trinajstić information content (AvgIpc) is 2.23. The summed E-state index contributed by atoms with van der Waals surface area (Å²) in [6.07, 6.45) is 2.63. The molecule has 1 unspecified atom stereocenters. The van der Waals surface area contributed by atoms with Crippen LogP contribution in [-0.4, -0.2) is 36.2 Å². The number of aliphatic carboxylic acids is 1. The van der Waals surface area contributed by atoms with Crippen molar-refractivity contribution >= 4 is 11.9 Å². The molecule has 0 aromatic carbocycles. The fourth-order valence-corrected chi connectivity index (χ4v) is 1.46. The molecule has 0 heterocycles. The van der Waals surface area contributed by atoms with Gasteiger partial charge in [-0.05, 0) is 33.1 Å². The Kier molecular flexibility index (Phi) is 9.43. The maximum atomic E-state index is 11.4. The Bertz CT molecular complexity index is 231. The highest BCUT2D eigenvalue weighted by Gasteiger charge is 2.07. The number of rotatable bonds is 10. The van der Waals surface area contributed by atoms with E-state index in [1.54, 1.807) is 0 Å². The number of carbonyl (C=O) groups excluding carboxylic acids is 1. The number of nitrogens with one attached hydrogen (secondary N) is 1. The summed E-state index contributed by atoms with van der Waals surface area (Å²) >= 11 is 0. The van der Waals surface area contributed by atoms with E-state index in [1.165, 1.54) is 0 Å². The molecule has 17 heavy (non-hydrogen) atoms.